The summed E-state index contributed by atoms with van der Waals surface area (Å²) in [6.07, 6.45) is 1.89. The number of rotatable bonds is 3. The van der Waals surface area contributed by atoms with Crippen LogP contribution in [0.25, 0.3) is 11.0 Å². The fourth-order valence-corrected chi connectivity index (χ4v) is 3.58. The van der Waals surface area contributed by atoms with Crippen LogP contribution in [0.1, 0.15) is 11.3 Å². The molecular formula is C15H14Br2N4. The van der Waals surface area contributed by atoms with E-state index >= 15 is 0 Å². The number of pyridine rings is 1. The molecule has 3 rings (SSSR count). The van der Waals surface area contributed by atoms with Gasteiger partial charge in [0.2, 0.25) is 0 Å². The molecule has 1 N–H and O–H groups in total. The average Bonchev–Trinajstić information content (AvgIpc) is 2.73. The summed E-state index contributed by atoms with van der Waals surface area (Å²) in [5.41, 5.74) is 4.09. The molecule has 1 aromatic carbocycles. The maximum atomic E-state index is 4.50. The lowest BCUT2D eigenvalue weighted by molar-refractivity contribution is 0.773. The molecule has 0 aliphatic heterocycles. The second-order valence-electron chi connectivity index (χ2n) is 4.87. The molecule has 0 unspecified atom stereocenters. The Labute approximate surface area is 139 Å². The van der Waals surface area contributed by atoms with Crippen molar-refractivity contribution >= 4 is 48.6 Å². The Hall–Kier alpha value is -1.40. The summed E-state index contributed by atoms with van der Waals surface area (Å²) in [5.74, 6) is 0. The Bertz CT molecular complexity index is 791. The molecule has 0 fully saturated rings. The minimum Gasteiger partial charge on any atom is -0.379 e. The van der Waals surface area contributed by atoms with Gasteiger partial charge in [0.15, 0.2) is 5.65 Å². The van der Waals surface area contributed by atoms with E-state index in [0.717, 1.165) is 36.9 Å². The first-order valence-electron chi connectivity index (χ1n) is 6.52. The smallest absolute Gasteiger partial charge is 0.157 e. The molecule has 0 radical (unpaired) electrons. The third-order valence-corrected chi connectivity index (χ3v) is 4.67. The van der Waals surface area contributed by atoms with E-state index in [0.29, 0.717) is 6.54 Å². The van der Waals surface area contributed by atoms with Gasteiger partial charge in [-0.3, -0.25) is 4.68 Å². The number of hydrogen-bond acceptors (Lipinski definition) is 3. The van der Waals surface area contributed by atoms with E-state index in [-0.39, 0.29) is 0 Å². The molecule has 0 aliphatic rings. The summed E-state index contributed by atoms with van der Waals surface area (Å²) in [6, 6.07) is 8.16. The van der Waals surface area contributed by atoms with Gasteiger partial charge in [-0.25, -0.2) is 4.98 Å². The van der Waals surface area contributed by atoms with Crippen LogP contribution < -0.4 is 5.32 Å². The van der Waals surface area contributed by atoms with Crippen LogP contribution in [0.2, 0.25) is 0 Å². The Balaban J connectivity index is 1.87. The summed E-state index contributed by atoms with van der Waals surface area (Å²) in [5, 5.41) is 8.92. The molecule has 0 aliphatic carbocycles. The molecule has 2 heterocycles. The number of hydrogen-bond donors (Lipinski definition) is 1. The predicted octanol–water partition coefficient (Wildman–Crippen LogP) is 4.41. The molecule has 0 bridgehead atoms. The highest BCUT2D eigenvalue weighted by Crippen LogP contribution is 2.31. The van der Waals surface area contributed by atoms with Gasteiger partial charge in [-0.15, -0.1) is 0 Å². The standard InChI is InChI=1S/C15H14Br2N4/c1-9-11-6-10(8-19-15(11)21(2)20-9)7-18-14-12(16)4-3-5-13(14)17/h3-6,8,18H,7H2,1-2H3. The van der Waals surface area contributed by atoms with Crippen LogP contribution >= 0.6 is 31.9 Å². The molecule has 2 aromatic heterocycles. The summed E-state index contributed by atoms with van der Waals surface area (Å²) in [7, 11) is 1.92. The normalized spacial score (nSPS) is 11.0. The van der Waals surface area contributed by atoms with E-state index in [2.05, 4.69) is 53.3 Å². The van der Waals surface area contributed by atoms with Crippen LogP contribution in [-0.4, -0.2) is 14.8 Å². The summed E-state index contributed by atoms with van der Waals surface area (Å²) >= 11 is 7.11. The van der Waals surface area contributed by atoms with Crippen LogP contribution in [0.5, 0.6) is 0 Å². The Morgan fingerprint density at radius 3 is 2.67 bits per heavy atom. The van der Waals surface area contributed by atoms with E-state index < -0.39 is 0 Å². The topological polar surface area (TPSA) is 42.7 Å². The van der Waals surface area contributed by atoms with Crippen molar-refractivity contribution in [2.24, 2.45) is 7.05 Å². The first-order chi connectivity index (χ1) is 10.1. The lowest BCUT2D eigenvalue weighted by Gasteiger charge is -2.10. The van der Waals surface area contributed by atoms with Crippen LogP contribution in [0.3, 0.4) is 0 Å². The molecule has 4 nitrogen and oxygen atoms in total. The second kappa shape index (κ2) is 5.77. The minimum absolute atomic E-state index is 0.707. The monoisotopic (exact) mass is 408 g/mol. The zero-order valence-electron chi connectivity index (χ0n) is 11.7. The molecule has 3 aromatic rings. The molecule has 0 spiro atoms. The highest BCUT2D eigenvalue weighted by atomic mass is 79.9. The lowest BCUT2D eigenvalue weighted by atomic mass is 10.2. The SMILES string of the molecule is Cc1nn(C)c2ncc(CNc3c(Br)cccc3Br)cc12. The van der Waals surface area contributed by atoms with Crippen molar-refractivity contribution < 1.29 is 0 Å². The van der Waals surface area contributed by atoms with Gasteiger partial charge in [0.1, 0.15) is 0 Å². The zero-order valence-corrected chi connectivity index (χ0v) is 14.9. The third-order valence-electron chi connectivity index (χ3n) is 3.35. The average molecular weight is 410 g/mol. The first-order valence-corrected chi connectivity index (χ1v) is 8.11. The highest BCUT2D eigenvalue weighted by molar-refractivity contribution is 9.11. The van der Waals surface area contributed by atoms with E-state index in [4.69, 9.17) is 0 Å². The molecule has 0 atom stereocenters. The van der Waals surface area contributed by atoms with Crippen molar-refractivity contribution in [1.29, 1.82) is 0 Å². The van der Waals surface area contributed by atoms with Gasteiger partial charge in [-0.1, -0.05) is 6.07 Å². The number of halogens is 2. The Morgan fingerprint density at radius 1 is 1.24 bits per heavy atom. The third kappa shape index (κ3) is 2.82. The molecule has 6 heteroatoms. The van der Waals surface area contributed by atoms with Crippen LogP contribution in [0, 0.1) is 6.92 Å². The molecule has 21 heavy (non-hydrogen) atoms. The van der Waals surface area contributed by atoms with Crippen molar-refractivity contribution in [2.45, 2.75) is 13.5 Å². The Morgan fingerprint density at radius 2 is 1.95 bits per heavy atom. The van der Waals surface area contributed by atoms with Gasteiger partial charge in [0.25, 0.3) is 0 Å². The van der Waals surface area contributed by atoms with Crippen molar-refractivity contribution in [2.75, 3.05) is 5.32 Å². The number of aromatic nitrogens is 3. The van der Waals surface area contributed by atoms with Crippen molar-refractivity contribution in [3.8, 4) is 0 Å². The number of anilines is 1. The van der Waals surface area contributed by atoms with Gasteiger partial charge in [-0.05, 0) is 62.5 Å². The lowest BCUT2D eigenvalue weighted by Crippen LogP contribution is -2.01. The minimum atomic E-state index is 0.707. The second-order valence-corrected chi connectivity index (χ2v) is 6.58. The highest BCUT2D eigenvalue weighted by Gasteiger charge is 2.08. The van der Waals surface area contributed by atoms with Crippen molar-refractivity contribution in [1.82, 2.24) is 14.8 Å². The predicted molar refractivity (Wildman–Crippen MR) is 92.4 cm³/mol. The first kappa shape index (κ1) is 14.5. The largest absolute Gasteiger partial charge is 0.379 e. The molecule has 0 saturated heterocycles. The Kier molecular flexibility index (Phi) is 3.99. The summed E-state index contributed by atoms with van der Waals surface area (Å²) in [6.45, 7) is 2.71. The number of para-hydroxylation sites is 1. The fraction of sp³-hybridized carbons (Fsp3) is 0.200. The van der Waals surface area contributed by atoms with Gasteiger partial charge in [0.05, 0.1) is 11.4 Å². The molecular weight excluding hydrogens is 396 g/mol. The summed E-state index contributed by atoms with van der Waals surface area (Å²) < 4.78 is 3.87. The maximum absolute atomic E-state index is 4.50. The molecule has 108 valence electrons. The fourth-order valence-electron chi connectivity index (χ4n) is 2.30. The number of nitrogens with one attached hydrogen (secondary N) is 1. The summed E-state index contributed by atoms with van der Waals surface area (Å²) in [4.78, 5) is 4.50. The van der Waals surface area contributed by atoms with Gasteiger partial charge in [0, 0.05) is 34.1 Å². The van der Waals surface area contributed by atoms with Gasteiger partial charge in [-0.2, -0.15) is 5.10 Å². The van der Waals surface area contributed by atoms with Crippen LogP contribution in [0.4, 0.5) is 5.69 Å². The van der Waals surface area contributed by atoms with E-state index in [9.17, 15) is 0 Å². The number of aryl methyl sites for hydroxylation is 2. The number of fused-ring (bicyclic) bond motifs is 1. The van der Waals surface area contributed by atoms with E-state index in [1.807, 2.05) is 43.0 Å². The maximum Gasteiger partial charge on any atom is 0.157 e. The number of benzene rings is 1. The van der Waals surface area contributed by atoms with Crippen molar-refractivity contribution in [3.05, 3.63) is 50.7 Å². The van der Waals surface area contributed by atoms with Crippen molar-refractivity contribution in [3.63, 3.8) is 0 Å². The van der Waals surface area contributed by atoms with E-state index in [1.54, 1.807) is 0 Å². The van der Waals surface area contributed by atoms with Gasteiger partial charge < -0.3 is 5.32 Å². The van der Waals surface area contributed by atoms with Gasteiger partial charge >= 0.3 is 0 Å². The quantitative estimate of drug-likeness (QED) is 0.696. The number of nitrogens with zero attached hydrogens (tertiary/aromatic N) is 3. The van der Waals surface area contributed by atoms with E-state index in [1.165, 1.54) is 0 Å². The molecule has 0 saturated carbocycles. The van der Waals surface area contributed by atoms with Crippen LogP contribution in [0.15, 0.2) is 39.4 Å². The zero-order chi connectivity index (χ0) is 15.0. The molecule has 0 amide bonds. The van der Waals surface area contributed by atoms with Crippen LogP contribution in [-0.2, 0) is 13.6 Å².